The summed E-state index contributed by atoms with van der Waals surface area (Å²) in [5.41, 5.74) is 0. The van der Waals surface area contributed by atoms with Crippen LogP contribution >= 0.6 is 0 Å². The maximum Gasteiger partial charge on any atom is 1.00 e. The number of ether oxygens (including phenoxy) is 1. The first-order chi connectivity index (χ1) is 12.3. The molecule has 1 N–H and O–H groups in total. The Bertz CT molecular complexity index is 498. The normalized spacial score (nSPS) is 11.8. The molecule has 154 valence electrons. The number of hydrogen-bond acceptors (Lipinski definition) is 6. The second kappa shape index (κ2) is 22.3. The summed E-state index contributed by atoms with van der Waals surface area (Å²) in [6.07, 6.45) is 12.7. The smallest absolute Gasteiger partial charge is 0.550 e. The molecule has 0 aromatic rings. The molecule has 0 saturated carbocycles. The van der Waals surface area contributed by atoms with Gasteiger partial charge in [0.1, 0.15) is 0 Å². The minimum atomic E-state index is -4.82. The summed E-state index contributed by atoms with van der Waals surface area (Å²) in [4.78, 5) is 22.0. The molecule has 0 aromatic carbocycles. The van der Waals surface area contributed by atoms with Gasteiger partial charge in [-0.05, 0) is 6.42 Å². The Morgan fingerprint density at radius 3 is 1.61 bits per heavy atom. The van der Waals surface area contributed by atoms with Crippen molar-refractivity contribution in [1.82, 2.24) is 0 Å². The molecule has 0 saturated heterocycles. The maximum atomic E-state index is 11.6. The number of carboxylic acids is 1. The van der Waals surface area contributed by atoms with Crippen LogP contribution < -0.4 is 108 Å². The Kier molecular flexibility index (Phi) is 27.7. The summed E-state index contributed by atoms with van der Waals surface area (Å²) in [7, 11) is -4.82. The Morgan fingerprint density at radius 1 is 0.857 bits per heavy atom. The monoisotopic (exact) mass is 471 g/mol. The molecule has 1 atom stereocenters. The third-order valence-corrected chi connectivity index (χ3v) is 5.29. The second-order valence-electron chi connectivity index (χ2n) is 6.64. The summed E-state index contributed by atoms with van der Waals surface area (Å²) in [6, 6.07) is 0. The standard InChI is InChI=1S/C18H34O7S.2K/c1-2-3-4-5-6-7-8-9-10-11-12-13-14-25-18(21)16(15-17(19)20)26(22,23)24;;/h16H,2-15H2,1H3,(H,19,20)(H,22,23,24);;/q;2*+1/p-1. The molecule has 0 aliphatic rings. The van der Waals surface area contributed by atoms with Crippen LogP contribution in [0.2, 0.25) is 0 Å². The van der Waals surface area contributed by atoms with E-state index in [-0.39, 0.29) is 109 Å². The van der Waals surface area contributed by atoms with Gasteiger partial charge in [-0.25, -0.2) is 0 Å². The van der Waals surface area contributed by atoms with Crippen LogP contribution in [0.5, 0.6) is 0 Å². The van der Waals surface area contributed by atoms with Gasteiger partial charge in [0.25, 0.3) is 10.1 Å². The van der Waals surface area contributed by atoms with Crippen molar-refractivity contribution in [3.8, 4) is 0 Å². The summed E-state index contributed by atoms with van der Waals surface area (Å²) in [5, 5.41) is 8.33. The number of rotatable bonds is 17. The Balaban J connectivity index is -0.00000312. The molecule has 0 aliphatic carbocycles. The topological polar surface area (TPSA) is 121 Å². The zero-order valence-corrected chi connectivity index (χ0v) is 24.8. The predicted octanol–water partition coefficient (Wildman–Crippen LogP) is -3.36. The minimum absolute atomic E-state index is 0. The number of carbonyl (C=O) groups is 2. The summed E-state index contributed by atoms with van der Waals surface area (Å²) < 4.78 is 35.6. The van der Waals surface area contributed by atoms with E-state index in [0.717, 1.165) is 19.3 Å². The Morgan fingerprint density at radius 2 is 1.25 bits per heavy atom. The van der Waals surface area contributed by atoms with E-state index in [4.69, 9.17) is 9.29 Å². The zero-order chi connectivity index (χ0) is 19.8. The Hall–Kier alpha value is 2.12. The molecule has 0 spiro atoms. The number of carbonyl (C=O) groups excluding carboxylic acids is 2. The van der Waals surface area contributed by atoms with Gasteiger partial charge in [0.15, 0.2) is 5.25 Å². The summed E-state index contributed by atoms with van der Waals surface area (Å²) in [6.45, 7) is 2.22. The molecular weight excluding hydrogens is 438 g/mol. The van der Waals surface area contributed by atoms with Crippen molar-refractivity contribution in [2.75, 3.05) is 6.61 Å². The first-order valence-corrected chi connectivity index (χ1v) is 11.1. The van der Waals surface area contributed by atoms with Crippen LogP contribution in [-0.4, -0.2) is 36.8 Å². The van der Waals surface area contributed by atoms with E-state index in [0.29, 0.717) is 6.42 Å². The van der Waals surface area contributed by atoms with Crippen molar-refractivity contribution >= 4 is 22.1 Å². The van der Waals surface area contributed by atoms with Gasteiger partial charge in [-0.1, -0.05) is 77.6 Å². The largest absolute Gasteiger partial charge is 1.00 e. The average molecular weight is 472 g/mol. The van der Waals surface area contributed by atoms with E-state index < -0.39 is 33.7 Å². The van der Waals surface area contributed by atoms with Crippen molar-refractivity contribution in [3.05, 3.63) is 0 Å². The van der Waals surface area contributed by atoms with Crippen LogP contribution in [0.15, 0.2) is 0 Å². The SMILES string of the molecule is CCCCCCCCCCCCCCOC(=O)C(CC(=O)[O-])S(=O)(=O)O.[K+].[K+]. The van der Waals surface area contributed by atoms with E-state index in [1.807, 2.05) is 0 Å². The molecule has 28 heavy (non-hydrogen) atoms. The summed E-state index contributed by atoms with van der Waals surface area (Å²) >= 11 is 0. The van der Waals surface area contributed by atoms with E-state index in [1.54, 1.807) is 0 Å². The fraction of sp³-hybridized carbons (Fsp3) is 0.889. The van der Waals surface area contributed by atoms with Gasteiger partial charge in [0, 0.05) is 12.4 Å². The van der Waals surface area contributed by atoms with Gasteiger partial charge >= 0.3 is 109 Å². The van der Waals surface area contributed by atoms with Crippen LogP contribution in [-0.2, 0) is 24.4 Å². The molecule has 0 rings (SSSR count). The molecule has 1 unspecified atom stereocenters. The second-order valence-corrected chi connectivity index (χ2v) is 8.24. The number of hydrogen-bond donors (Lipinski definition) is 1. The van der Waals surface area contributed by atoms with E-state index >= 15 is 0 Å². The van der Waals surface area contributed by atoms with Gasteiger partial charge in [0.2, 0.25) is 0 Å². The van der Waals surface area contributed by atoms with Gasteiger partial charge < -0.3 is 14.6 Å². The molecule has 0 aliphatic heterocycles. The van der Waals surface area contributed by atoms with Crippen molar-refractivity contribution in [3.63, 3.8) is 0 Å². The van der Waals surface area contributed by atoms with E-state index in [1.165, 1.54) is 51.4 Å². The molecule has 0 bridgehead atoms. The van der Waals surface area contributed by atoms with Crippen LogP contribution in [0.1, 0.15) is 90.4 Å². The molecule has 0 heterocycles. The first kappa shape index (κ1) is 34.7. The predicted molar refractivity (Wildman–Crippen MR) is 97.0 cm³/mol. The minimum Gasteiger partial charge on any atom is -0.550 e. The molecule has 7 nitrogen and oxygen atoms in total. The zero-order valence-electron chi connectivity index (χ0n) is 17.8. The molecule has 0 amide bonds. The molecule has 0 fully saturated rings. The van der Waals surface area contributed by atoms with Crippen molar-refractivity contribution in [2.24, 2.45) is 0 Å². The van der Waals surface area contributed by atoms with E-state index in [2.05, 4.69) is 6.92 Å². The number of esters is 1. The average Bonchev–Trinajstić information content (AvgIpc) is 2.55. The molecule has 10 heteroatoms. The number of aliphatic carboxylic acids is 1. The fourth-order valence-electron chi connectivity index (χ4n) is 2.67. The van der Waals surface area contributed by atoms with Crippen LogP contribution in [0, 0.1) is 0 Å². The van der Waals surface area contributed by atoms with Crippen molar-refractivity contribution in [1.29, 1.82) is 0 Å². The Labute approximate surface area is 255 Å². The van der Waals surface area contributed by atoms with E-state index in [9.17, 15) is 23.1 Å². The van der Waals surface area contributed by atoms with Crippen LogP contribution in [0.3, 0.4) is 0 Å². The third-order valence-electron chi connectivity index (χ3n) is 4.22. The molecule has 0 radical (unpaired) electrons. The van der Waals surface area contributed by atoms with Crippen molar-refractivity contribution < 1.29 is 135 Å². The van der Waals surface area contributed by atoms with Gasteiger partial charge in [-0.3, -0.25) is 9.35 Å². The fourth-order valence-corrected chi connectivity index (χ4v) is 3.33. The van der Waals surface area contributed by atoms with Crippen LogP contribution in [0.4, 0.5) is 0 Å². The molecule has 0 aromatic heterocycles. The maximum absolute atomic E-state index is 11.6. The third kappa shape index (κ3) is 21.4. The number of carboxylic acid groups (broad SMARTS) is 1. The summed E-state index contributed by atoms with van der Waals surface area (Å²) in [5.74, 6) is -2.99. The van der Waals surface area contributed by atoms with Gasteiger partial charge in [-0.2, -0.15) is 8.42 Å². The quantitative estimate of drug-likeness (QED) is 0.102. The van der Waals surface area contributed by atoms with Gasteiger partial charge in [-0.15, -0.1) is 0 Å². The van der Waals surface area contributed by atoms with Crippen LogP contribution in [0.25, 0.3) is 0 Å². The van der Waals surface area contributed by atoms with Gasteiger partial charge in [0.05, 0.1) is 6.61 Å². The number of unbranched alkanes of at least 4 members (excludes halogenated alkanes) is 11. The van der Waals surface area contributed by atoms with Crippen molar-refractivity contribution in [2.45, 2.75) is 95.6 Å². The first-order valence-electron chi connectivity index (χ1n) is 9.61. The molecular formula is C18H33K2O7S+.